The highest BCUT2D eigenvalue weighted by Gasteiger charge is 2.13. The van der Waals surface area contributed by atoms with Crippen molar-refractivity contribution in [1.29, 1.82) is 0 Å². The first kappa shape index (κ1) is 13.4. The maximum atomic E-state index is 11.2. The van der Waals surface area contributed by atoms with Crippen LogP contribution < -0.4 is 0 Å². The zero-order valence-corrected chi connectivity index (χ0v) is 12.2. The maximum absolute atomic E-state index is 11.2. The molecule has 0 atom stereocenters. The summed E-state index contributed by atoms with van der Waals surface area (Å²) < 4.78 is 0. The van der Waals surface area contributed by atoms with Crippen LogP contribution in [0.4, 0.5) is 0 Å². The van der Waals surface area contributed by atoms with Gasteiger partial charge in [0.05, 0.1) is 26.6 Å². The van der Waals surface area contributed by atoms with Crippen molar-refractivity contribution >= 4 is 51.1 Å². The Bertz CT molecular complexity index is 806. The second kappa shape index (κ2) is 5.09. The molecule has 0 spiro atoms. The molecular formula is C14H7Cl3N2O. The third kappa shape index (κ3) is 2.29. The predicted octanol–water partition coefficient (Wildman–Crippen LogP) is 4.92. The molecule has 6 heteroatoms. The van der Waals surface area contributed by atoms with E-state index < -0.39 is 5.24 Å². The van der Waals surface area contributed by atoms with Gasteiger partial charge >= 0.3 is 0 Å². The van der Waals surface area contributed by atoms with Gasteiger partial charge in [0.25, 0.3) is 5.24 Å². The summed E-state index contributed by atoms with van der Waals surface area (Å²) in [6.45, 7) is 0. The fourth-order valence-electron chi connectivity index (χ4n) is 1.97. The molecule has 0 aliphatic heterocycles. The van der Waals surface area contributed by atoms with Crippen LogP contribution in [0.1, 0.15) is 10.4 Å². The molecule has 1 heterocycles. The Morgan fingerprint density at radius 1 is 1.10 bits per heavy atom. The van der Waals surface area contributed by atoms with Crippen molar-refractivity contribution in [2.24, 2.45) is 0 Å². The average molecular weight is 326 g/mol. The predicted molar refractivity (Wildman–Crippen MR) is 81.7 cm³/mol. The van der Waals surface area contributed by atoms with Gasteiger partial charge in [-0.2, -0.15) is 0 Å². The molecular weight excluding hydrogens is 319 g/mol. The van der Waals surface area contributed by atoms with Gasteiger partial charge in [0, 0.05) is 5.56 Å². The van der Waals surface area contributed by atoms with E-state index in [1.54, 1.807) is 36.4 Å². The molecule has 0 bridgehead atoms. The Morgan fingerprint density at radius 3 is 2.45 bits per heavy atom. The molecule has 2 aromatic carbocycles. The van der Waals surface area contributed by atoms with E-state index in [0.29, 0.717) is 38.0 Å². The number of H-pyrrole nitrogens is 1. The number of hydrogen-bond acceptors (Lipinski definition) is 2. The number of imidazole rings is 1. The number of benzene rings is 2. The summed E-state index contributed by atoms with van der Waals surface area (Å²) in [5.74, 6) is 0.551. The number of hydrogen-bond donors (Lipinski definition) is 1. The third-order valence-corrected chi connectivity index (χ3v) is 3.76. The van der Waals surface area contributed by atoms with E-state index in [1.165, 1.54) is 0 Å². The van der Waals surface area contributed by atoms with E-state index >= 15 is 0 Å². The van der Waals surface area contributed by atoms with Crippen LogP contribution in [0.2, 0.25) is 10.0 Å². The van der Waals surface area contributed by atoms with Crippen molar-refractivity contribution in [3.63, 3.8) is 0 Å². The van der Waals surface area contributed by atoms with Crippen LogP contribution in [0.3, 0.4) is 0 Å². The second-order valence-electron chi connectivity index (χ2n) is 4.19. The summed E-state index contributed by atoms with van der Waals surface area (Å²) in [5.41, 5.74) is 2.44. The molecule has 0 aliphatic carbocycles. The van der Waals surface area contributed by atoms with Gasteiger partial charge in [-0.1, -0.05) is 29.3 Å². The van der Waals surface area contributed by atoms with E-state index in [2.05, 4.69) is 9.97 Å². The smallest absolute Gasteiger partial charge is 0.252 e. The van der Waals surface area contributed by atoms with Gasteiger partial charge in [-0.15, -0.1) is 0 Å². The van der Waals surface area contributed by atoms with E-state index in [4.69, 9.17) is 34.8 Å². The molecule has 0 fully saturated rings. The number of aromatic amines is 1. The van der Waals surface area contributed by atoms with E-state index in [9.17, 15) is 4.79 Å². The van der Waals surface area contributed by atoms with Gasteiger partial charge < -0.3 is 4.98 Å². The summed E-state index contributed by atoms with van der Waals surface area (Å²) in [4.78, 5) is 18.7. The molecule has 0 radical (unpaired) electrons. The van der Waals surface area contributed by atoms with Crippen molar-refractivity contribution in [2.45, 2.75) is 0 Å². The van der Waals surface area contributed by atoms with Crippen molar-refractivity contribution in [3.05, 3.63) is 52.0 Å². The molecule has 0 saturated carbocycles. The van der Waals surface area contributed by atoms with Gasteiger partial charge in [0.1, 0.15) is 5.82 Å². The largest absolute Gasteiger partial charge is 0.338 e. The fraction of sp³-hybridized carbons (Fsp3) is 0. The lowest BCUT2D eigenvalue weighted by Gasteiger charge is -2.02. The van der Waals surface area contributed by atoms with Gasteiger partial charge in [-0.05, 0) is 41.9 Å². The standard InChI is InChI=1S/C14H7Cl3N2O/c15-8-2-1-3-9(16)12(8)14-18-10-5-4-7(13(17)20)6-11(10)19-14/h1-6H,(H,18,19). The van der Waals surface area contributed by atoms with Gasteiger partial charge in [0.2, 0.25) is 0 Å². The highest BCUT2D eigenvalue weighted by Crippen LogP contribution is 2.33. The topological polar surface area (TPSA) is 45.8 Å². The molecule has 0 saturated heterocycles. The Balaban J connectivity index is 2.21. The molecule has 3 nitrogen and oxygen atoms in total. The summed E-state index contributed by atoms with van der Waals surface area (Å²) >= 11 is 17.8. The summed E-state index contributed by atoms with van der Waals surface area (Å²) in [7, 11) is 0. The quantitative estimate of drug-likeness (QED) is 0.680. The van der Waals surface area contributed by atoms with Crippen molar-refractivity contribution in [3.8, 4) is 11.4 Å². The fourth-order valence-corrected chi connectivity index (χ4v) is 2.67. The number of carbonyl (C=O) groups is 1. The van der Waals surface area contributed by atoms with Gasteiger partial charge in [-0.3, -0.25) is 4.79 Å². The number of carbonyl (C=O) groups excluding carboxylic acids is 1. The molecule has 100 valence electrons. The minimum absolute atomic E-state index is 0.402. The molecule has 1 N–H and O–H groups in total. The molecule has 1 aromatic heterocycles. The van der Waals surface area contributed by atoms with E-state index in [0.717, 1.165) is 0 Å². The highest BCUT2D eigenvalue weighted by molar-refractivity contribution is 6.67. The molecule has 20 heavy (non-hydrogen) atoms. The van der Waals surface area contributed by atoms with Gasteiger partial charge in [-0.25, -0.2) is 4.98 Å². The lowest BCUT2D eigenvalue weighted by Crippen LogP contribution is -1.87. The van der Waals surface area contributed by atoms with Crippen LogP contribution >= 0.6 is 34.8 Å². The minimum Gasteiger partial charge on any atom is -0.338 e. The van der Waals surface area contributed by atoms with Crippen LogP contribution in [-0.4, -0.2) is 15.2 Å². The first-order valence-electron chi connectivity index (χ1n) is 5.70. The summed E-state index contributed by atoms with van der Waals surface area (Å²) in [5, 5.41) is 0.495. The Labute approximate surface area is 129 Å². The molecule has 0 unspecified atom stereocenters. The maximum Gasteiger partial charge on any atom is 0.252 e. The number of halogens is 3. The lowest BCUT2D eigenvalue weighted by molar-refractivity contribution is 0.108. The van der Waals surface area contributed by atoms with Crippen LogP contribution in [0.15, 0.2) is 36.4 Å². The molecule has 3 rings (SSSR count). The number of nitrogens with one attached hydrogen (secondary N) is 1. The van der Waals surface area contributed by atoms with E-state index in [-0.39, 0.29) is 0 Å². The van der Waals surface area contributed by atoms with Crippen LogP contribution in [0.5, 0.6) is 0 Å². The van der Waals surface area contributed by atoms with Crippen LogP contribution in [0, 0.1) is 0 Å². The monoisotopic (exact) mass is 324 g/mol. The molecule has 0 aliphatic rings. The molecule has 3 aromatic rings. The van der Waals surface area contributed by atoms with Crippen molar-refractivity contribution in [2.75, 3.05) is 0 Å². The third-order valence-electron chi connectivity index (χ3n) is 2.91. The normalized spacial score (nSPS) is 10.9. The second-order valence-corrected chi connectivity index (χ2v) is 5.35. The van der Waals surface area contributed by atoms with Crippen LogP contribution in [0.25, 0.3) is 22.4 Å². The number of nitrogens with zero attached hydrogens (tertiary/aromatic N) is 1. The summed E-state index contributed by atoms with van der Waals surface area (Å²) in [6, 6.07) is 10.2. The minimum atomic E-state index is -0.515. The average Bonchev–Trinajstić information content (AvgIpc) is 2.80. The zero-order valence-electron chi connectivity index (χ0n) is 9.95. The first-order chi connectivity index (χ1) is 9.56. The van der Waals surface area contributed by atoms with E-state index in [1.807, 2.05) is 0 Å². The van der Waals surface area contributed by atoms with Crippen LogP contribution in [-0.2, 0) is 0 Å². The zero-order chi connectivity index (χ0) is 14.3. The SMILES string of the molecule is O=C(Cl)c1ccc2nc(-c3c(Cl)cccc3Cl)[nH]c2c1. The highest BCUT2D eigenvalue weighted by atomic mass is 35.5. The number of rotatable bonds is 2. The number of aromatic nitrogens is 2. The van der Waals surface area contributed by atoms with Crippen molar-refractivity contribution < 1.29 is 4.79 Å². The Hall–Kier alpha value is -1.55. The number of fused-ring (bicyclic) bond motifs is 1. The van der Waals surface area contributed by atoms with Gasteiger partial charge in [0.15, 0.2) is 0 Å². The van der Waals surface area contributed by atoms with Crippen molar-refractivity contribution in [1.82, 2.24) is 9.97 Å². The first-order valence-corrected chi connectivity index (χ1v) is 6.83. The lowest BCUT2D eigenvalue weighted by atomic mass is 10.2. The Morgan fingerprint density at radius 2 is 1.80 bits per heavy atom. The molecule has 0 amide bonds. The summed E-state index contributed by atoms with van der Waals surface area (Å²) in [6.07, 6.45) is 0. The Kier molecular flexibility index (Phi) is 3.42.